The summed E-state index contributed by atoms with van der Waals surface area (Å²) in [4.78, 5) is 145. The van der Waals surface area contributed by atoms with Crippen LogP contribution in [-0.2, 0) is 70.0 Å². The maximum atomic E-state index is 14.0. The van der Waals surface area contributed by atoms with Crippen LogP contribution in [0.3, 0.4) is 0 Å². The van der Waals surface area contributed by atoms with Crippen molar-refractivity contribution in [3.8, 4) is 5.75 Å². The van der Waals surface area contributed by atoms with Gasteiger partial charge in [0.2, 0.25) is 65.0 Å². The first kappa shape index (κ1) is 55.5. The summed E-state index contributed by atoms with van der Waals surface area (Å²) in [7, 11) is -0.665. The van der Waals surface area contributed by atoms with E-state index in [9.17, 15) is 62.1 Å². The van der Waals surface area contributed by atoms with Gasteiger partial charge in [-0.15, -0.1) is 0 Å². The number of aromatic hydroxyl groups is 1. The number of hydrogen-bond donors (Lipinski definition) is 11. The highest BCUT2D eigenvalue weighted by Gasteiger charge is 2.36. The summed E-state index contributed by atoms with van der Waals surface area (Å²) >= 11 is 0. The molecule has 0 aromatic heterocycles. The van der Waals surface area contributed by atoms with Gasteiger partial charge in [-0.25, -0.2) is 0 Å². The van der Waals surface area contributed by atoms with Crippen LogP contribution < -0.4 is 54.4 Å². The zero-order valence-electron chi connectivity index (χ0n) is 37.5. The molecule has 14 N–H and O–H groups in total. The van der Waals surface area contributed by atoms with E-state index >= 15 is 0 Å². The SMILES string of the molecule is CCC[C@H](NC(=O)CN(C)C(=O)[C@@H]1CCS(=O)CCC(=O)N[C@H](Cc2ccc(O)cc2)C(=O)N[C@@H]([C@@H](C)CC)C(=O)N[C@@H](CCC(N)=O)C(=O)N[C@@H](CC(N)=O)C(=O)N1)C(=O)NCC(N)=O. The molecule has 0 radical (unpaired) electrons. The molecular formula is C41H63N11O13S. The van der Waals surface area contributed by atoms with Crippen LogP contribution >= 0.6 is 0 Å². The summed E-state index contributed by atoms with van der Waals surface area (Å²) in [5, 5.41) is 27.1. The molecule has 1 fully saturated rings. The Kier molecular flexibility index (Phi) is 23.2. The van der Waals surface area contributed by atoms with Gasteiger partial charge >= 0.3 is 0 Å². The van der Waals surface area contributed by atoms with Crippen molar-refractivity contribution < 1.29 is 62.1 Å². The molecule has 1 aliphatic rings. The second kappa shape index (κ2) is 27.6. The van der Waals surface area contributed by atoms with Crippen LogP contribution in [0.2, 0.25) is 0 Å². The van der Waals surface area contributed by atoms with E-state index in [1.807, 2.05) is 0 Å². The van der Waals surface area contributed by atoms with Crippen LogP contribution in [0.15, 0.2) is 24.3 Å². The Morgan fingerprint density at radius 2 is 1.44 bits per heavy atom. The molecule has 1 aliphatic heterocycles. The Morgan fingerprint density at radius 3 is 2.03 bits per heavy atom. The summed E-state index contributed by atoms with van der Waals surface area (Å²) in [5.74, 6) is -11.1. The molecule has 24 nitrogen and oxygen atoms in total. The standard InChI is InChI=1S/C41H63N11O13S/c1-5-7-25(36(59)45-20-32(44)56)46-34(58)21-52(4)41(64)27-14-16-66(65)17-15-33(57)47-28(18-23-8-10-24(53)11-9-23)39(62)51-35(22(3)6-2)40(63)48-26(12-13-30(42)54)37(60)50-29(19-31(43)55)38(61)49-27/h8-11,22,25-29,35,53H,5-7,12-21H2,1-4H3,(H2,42,54)(H2,43,55)(H2,44,56)(H,45,59)(H,46,58)(H,47,57)(H,48,63)(H,49,61)(H,50,60)(H,51,62)/t22-,25-,26-,27-,28+,29-,35-,66?/m0/s1. The molecule has 11 amide bonds. The number of carbonyl (C=O) groups is 11. The van der Waals surface area contributed by atoms with E-state index in [2.05, 4.69) is 37.2 Å². The van der Waals surface area contributed by atoms with E-state index in [4.69, 9.17) is 17.2 Å². The number of likely N-dealkylation sites (N-methyl/N-ethyl adjacent to an activating group) is 1. The molecule has 1 heterocycles. The maximum absolute atomic E-state index is 14.0. The lowest BCUT2D eigenvalue weighted by atomic mass is 9.96. The number of benzene rings is 1. The fourth-order valence-corrected chi connectivity index (χ4v) is 7.66. The predicted octanol–water partition coefficient (Wildman–Crippen LogP) is -4.57. The van der Waals surface area contributed by atoms with Crippen LogP contribution in [0, 0.1) is 5.92 Å². The summed E-state index contributed by atoms with van der Waals surface area (Å²) < 4.78 is 13.4. The van der Waals surface area contributed by atoms with Crippen molar-refractivity contribution in [2.24, 2.45) is 23.1 Å². The normalized spacial score (nSPS) is 22.3. The van der Waals surface area contributed by atoms with Gasteiger partial charge in [0.05, 0.1) is 19.5 Å². The van der Waals surface area contributed by atoms with Gasteiger partial charge < -0.3 is 64.4 Å². The highest BCUT2D eigenvalue weighted by atomic mass is 32.2. The zero-order valence-corrected chi connectivity index (χ0v) is 38.3. The third-order valence-electron chi connectivity index (χ3n) is 10.4. The first-order valence-electron chi connectivity index (χ1n) is 21.4. The largest absolute Gasteiger partial charge is 0.508 e. The van der Waals surface area contributed by atoms with Gasteiger partial charge in [-0.05, 0) is 42.9 Å². The molecule has 1 saturated heterocycles. The lowest BCUT2D eigenvalue weighted by molar-refractivity contribution is -0.140. The first-order valence-corrected chi connectivity index (χ1v) is 22.8. The molecule has 2 rings (SSSR count). The van der Waals surface area contributed by atoms with E-state index in [1.165, 1.54) is 31.3 Å². The van der Waals surface area contributed by atoms with Crippen molar-refractivity contribution >= 4 is 75.8 Å². The minimum Gasteiger partial charge on any atom is -0.508 e. The van der Waals surface area contributed by atoms with E-state index in [-0.39, 0.29) is 42.9 Å². The molecule has 1 aromatic carbocycles. The van der Waals surface area contributed by atoms with E-state index in [0.717, 1.165) is 4.90 Å². The fourth-order valence-electron chi connectivity index (χ4n) is 6.54. The van der Waals surface area contributed by atoms with Crippen LogP contribution in [0.4, 0.5) is 0 Å². The van der Waals surface area contributed by atoms with Crippen molar-refractivity contribution in [3.05, 3.63) is 29.8 Å². The lowest BCUT2D eigenvalue weighted by Crippen LogP contribution is -2.61. The molecule has 366 valence electrons. The third kappa shape index (κ3) is 19.6. The number of primary amides is 3. The predicted molar refractivity (Wildman–Crippen MR) is 237 cm³/mol. The summed E-state index contributed by atoms with van der Waals surface area (Å²) in [6.45, 7) is 3.94. The monoisotopic (exact) mass is 949 g/mol. The van der Waals surface area contributed by atoms with E-state index in [1.54, 1.807) is 20.8 Å². The number of amides is 11. The van der Waals surface area contributed by atoms with Gasteiger partial charge in [0.1, 0.15) is 42.0 Å². The first-order chi connectivity index (χ1) is 31.0. The Hall–Kier alpha value is -6.66. The molecule has 1 aromatic rings. The molecule has 0 aliphatic carbocycles. The van der Waals surface area contributed by atoms with E-state index < -0.39 is 150 Å². The van der Waals surface area contributed by atoms with Gasteiger partial charge in [-0.1, -0.05) is 45.7 Å². The van der Waals surface area contributed by atoms with Crippen molar-refractivity contribution in [2.45, 2.75) is 115 Å². The molecule has 0 spiro atoms. The second-order valence-corrected chi connectivity index (χ2v) is 17.6. The molecule has 8 atom stereocenters. The third-order valence-corrected chi connectivity index (χ3v) is 11.8. The number of nitrogens with two attached hydrogens (primary N) is 3. The number of phenolic OH excluding ortho intramolecular Hbond substituents is 1. The van der Waals surface area contributed by atoms with Crippen molar-refractivity contribution in [1.29, 1.82) is 0 Å². The number of carbonyl (C=O) groups excluding carboxylic acids is 11. The van der Waals surface area contributed by atoms with Gasteiger partial charge in [-0.3, -0.25) is 56.9 Å². The highest BCUT2D eigenvalue weighted by Crippen LogP contribution is 2.15. The van der Waals surface area contributed by atoms with E-state index in [0.29, 0.717) is 18.4 Å². The van der Waals surface area contributed by atoms with Crippen LogP contribution in [-0.4, -0.2) is 147 Å². The van der Waals surface area contributed by atoms with Crippen molar-refractivity contribution in [2.75, 3.05) is 31.6 Å². The van der Waals surface area contributed by atoms with Gasteiger partial charge in [-0.2, -0.15) is 0 Å². The minimum atomic E-state index is -1.86. The van der Waals surface area contributed by atoms with Crippen LogP contribution in [0.5, 0.6) is 5.75 Å². The summed E-state index contributed by atoms with van der Waals surface area (Å²) in [5.41, 5.74) is 16.4. The number of phenols is 1. The average molecular weight is 950 g/mol. The Morgan fingerprint density at radius 1 is 0.818 bits per heavy atom. The number of nitrogens with one attached hydrogen (secondary N) is 7. The molecule has 25 heteroatoms. The number of rotatable bonds is 18. The van der Waals surface area contributed by atoms with Crippen molar-refractivity contribution in [3.63, 3.8) is 0 Å². The Labute approximate surface area is 384 Å². The van der Waals surface area contributed by atoms with Gasteiger partial charge in [0.15, 0.2) is 0 Å². The topological polar surface area (TPSA) is 391 Å². The minimum absolute atomic E-state index is 0.0582. The van der Waals surface area contributed by atoms with Gasteiger partial charge in [0.25, 0.3) is 0 Å². The molecular weight excluding hydrogens is 887 g/mol. The Balaban J connectivity index is 2.58. The quantitative estimate of drug-likeness (QED) is 0.0661. The summed E-state index contributed by atoms with van der Waals surface area (Å²) in [6.07, 6.45) is -1.65. The Bertz CT molecular complexity index is 1970. The number of hydrogen-bond acceptors (Lipinski definition) is 13. The van der Waals surface area contributed by atoms with Gasteiger partial charge in [0, 0.05) is 48.6 Å². The number of nitrogens with zero attached hydrogens (tertiary/aromatic N) is 1. The smallest absolute Gasteiger partial charge is 0.245 e. The summed E-state index contributed by atoms with van der Waals surface area (Å²) in [6, 6.07) is -2.96. The average Bonchev–Trinajstić information content (AvgIpc) is 3.25. The maximum Gasteiger partial charge on any atom is 0.245 e. The second-order valence-electron chi connectivity index (χ2n) is 15.9. The zero-order chi connectivity index (χ0) is 49.7. The molecule has 1 unspecified atom stereocenters. The molecule has 0 bridgehead atoms. The van der Waals surface area contributed by atoms with Crippen LogP contribution in [0.25, 0.3) is 0 Å². The highest BCUT2D eigenvalue weighted by molar-refractivity contribution is 7.85. The lowest BCUT2D eigenvalue weighted by Gasteiger charge is -2.29. The molecule has 0 saturated carbocycles. The van der Waals surface area contributed by atoms with Crippen LogP contribution in [0.1, 0.15) is 77.7 Å². The van der Waals surface area contributed by atoms with Crippen molar-refractivity contribution in [1.82, 2.24) is 42.1 Å². The molecule has 66 heavy (non-hydrogen) atoms. The fraction of sp³-hybridized carbons (Fsp3) is 0.585.